The van der Waals surface area contributed by atoms with E-state index in [2.05, 4.69) is 34.1 Å². The highest BCUT2D eigenvalue weighted by Crippen LogP contribution is 2.40. The van der Waals surface area contributed by atoms with Gasteiger partial charge in [0.05, 0.1) is 28.8 Å². The number of carbonyl (C=O) groups excluding carboxylic acids is 1. The summed E-state index contributed by atoms with van der Waals surface area (Å²) >= 11 is 12.6. The zero-order valence-corrected chi connectivity index (χ0v) is 17.4. The molecule has 2 saturated heterocycles. The average molecular weight is 419 g/mol. The number of hydrogen-bond acceptors (Lipinski definition) is 4. The fourth-order valence-corrected chi connectivity index (χ4v) is 4.79. The van der Waals surface area contributed by atoms with Crippen LogP contribution in [0.15, 0.2) is 42.5 Å². The summed E-state index contributed by atoms with van der Waals surface area (Å²) in [6.45, 7) is 4.45. The van der Waals surface area contributed by atoms with E-state index in [0.717, 1.165) is 44.8 Å². The highest BCUT2D eigenvalue weighted by atomic mass is 35.5. The standard InChI is InChI=1S/C22H24Cl2N2O2/c1-28-22(27)17-9-10-25(12-17)11-15-5-7-16(8-6-15)18-13-26(14-18)21-19(23)3-2-4-20(21)24/h2-8,17-18H,9-14H2,1H3. The molecule has 2 aliphatic heterocycles. The molecule has 6 heteroatoms. The summed E-state index contributed by atoms with van der Waals surface area (Å²) in [5, 5.41) is 1.41. The smallest absolute Gasteiger partial charge is 0.310 e. The molecule has 2 aliphatic rings. The lowest BCUT2D eigenvalue weighted by atomic mass is 9.90. The van der Waals surface area contributed by atoms with Crippen LogP contribution in [-0.4, -0.2) is 44.2 Å². The van der Waals surface area contributed by atoms with Crippen LogP contribution in [0, 0.1) is 5.92 Å². The van der Waals surface area contributed by atoms with E-state index in [1.807, 2.05) is 18.2 Å². The quantitative estimate of drug-likeness (QED) is 0.664. The van der Waals surface area contributed by atoms with E-state index in [0.29, 0.717) is 16.0 Å². The maximum Gasteiger partial charge on any atom is 0.310 e. The zero-order chi connectivity index (χ0) is 19.7. The van der Waals surface area contributed by atoms with E-state index in [1.165, 1.54) is 18.2 Å². The highest BCUT2D eigenvalue weighted by Gasteiger charge is 2.31. The van der Waals surface area contributed by atoms with E-state index in [1.54, 1.807) is 0 Å². The van der Waals surface area contributed by atoms with Crippen molar-refractivity contribution in [3.63, 3.8) is 0 Å². The monoisotopic (exact) mass is 418 g/mol. The van der Waals surface area contributed by atoms with Gasteiger partial charge in [-0.25, -0.2) is 0 Å². The van der Waals surface area contributed by atoms with Gasteiger partial charge in [-0.1, -0.05) is 53.5 Å². The number of carbonyl (C=O) groups is 1. The van der Waals surface area contributed by atoms with Gasteiger partial charge in [-0.05, 0) is 36.2 Å². The number of benzene rings is 2. The summed E-state index contributed by atoms with van der Waals surface area (Å²) in [6, 6.07) is 14.5. The van der Waals surface area contributed by atoms with Crippen LogP contribution in [0.1, 0.15) is 23.5 Å². The second-order valence-corrected chi connectivity index (χ2v) is 8.47. The van der Waals surface area contributed by atoms with Crippen LogP contribution in [0.25, 0.3) is 0 Å². The fraction of sp³-hybridized carbons (Fsp3) is 0.409. The van der Waals surface area contributed by atoms with Gasteiger partial charge in [0.25, 0.3) is 0 Å². The first-order valence-corrected chi connectivity index (χ1v) is 10.4. The zero-order valence-electron chi connectivity index (χ0n) is 15.9. The maximum absolute atomic E-state index is 11.7. The van der Waals surface area contributed by atoms with E-state index >= 15 is 0 Å². The first-order valence-electron chi connectivity index (χ1n) is 9.63. The number of nitrogens with zero attached hydrogens (tertiary/aromatic N) is 2. The van der Waals surface area contributed by atoms with Gasteiger partial charge in [0.15, 0.2) is 0 Å². The third-order valence-corrected chi connectivity index (χ3v) is 6.41. The van der Waals surface area contributed by atoms with Gasteiger partial charge in [0.2, 0.25) is 0 Å². The number of hydrogen-bond donors (Lipinski definition) is 0. The summed E-state index contributed by atoms with van der Waals surface area (Å²) in [7, 11) is 1.46. The van der Waals surface area contributed by atoms with E-state index in [4.69, 9.17) is 27.9 Å². The maximum atomic E-state index is 11.7. The number of methoxy groups -OCH3 is 1. The molecule has 2 aromatic rings. The van der Waals surface area contributed by atoms with Crippen molar-refractivity contribution in [1.82, 2.24) is 4.90 Å². The van der Waals surface area contributed by atoms with Crippen molar-refractivity contribution in [1.29, 1.82) is 0 Å². The van der Waals surface area contributed by atoms with Crippen LogP contribution < -0.4 is 4.90 Å². The number of likely N-dealkylation sites (tertiary alicyclic amines) is 1. The van der Waals surface area contributed by atoms with Crippen molar-refractivity contribution in [2.24, 2.45) is 5.92 Å². The van der Waals surface area contributed by atoms with Gasteiger partial charge >= 0.3 is 5.97 Å². The molecule has 28 heavy (non-hydrogen) atoms. The molecule has 0 aliphatic carbocycles. The van der Waals surface area contributed by atoms with Crippen molar-refractivity contribution in [3.05, 3.63) is 63.6 Å². The van der Waals surface area contributed by atoms with Gasteiger partial charge in [0, 0.05) is 32.1 Å². The average Bonchev–Trinajstić information content (AvgIpc) is 3.12. The van der Waals surface area contributed by atoms with Crippen LogP contribution in [-0.2, 0) is 16.1 Å². The predicted octanol–water partition coefficient (Wildman–Crippen LogP) is 4.59. The van der Waals surface area contributed by atoms with Crippen LogP contribution >= 0.6 is 23.2 Å². The Morgan fingerprint density at radius 3 is 2.39 bits per heavy atom. The summed E-state index contributed by atoms with van der Waals surface area (Å²) in [6.07, 6.45) is 0.882. The highest BCUT2D eigenvalue weighted by molar-refractivity contribution is 6.39. The lowest BCUT2D eigenvalue weighted by Crippen LogP contribution is -2.45. The molecule has 2 heterocycles. The largest absolute Gasteiger partial charge is 0.469 e. The van der Waals surface area contributed by atoms with Crippen LogP contribution in [0.4, 0.5) is 5.69 Å². The van der Waals surface area contributed by atoms with Gasteiger partial charge in [-0.15, -0.1) is 0 Å². The Morgan fingerprint density at radius 2 is 1.75 bits per heavy atom. The Hall–Kier alpha value is -1.75. The molecule has 4 nitrogen and oxygen atoms in total. The molecule has 0 saturated carbocycles. The third-order valence-electron chi connectivity index (χ3n) is 5.80. The molecule has 1 unspecified atom stereocenters. The van der Waals surface area contributed by atoms with Crippen LogP contribution in [0.2, 0.25) is 10.0 Å². The molecular formula is C22H24Cl2N2O2. The topological polar surface area (TPSA) is 32.8 Å². The predicted molar refractivity (Wildman–Crippen MR) is 113 cm³/mol. The van der Waals surface area contributed by atoms with Crippen molar-refractivity contribution < 1.29 is 9.53 Å². The van der Waals surface area contributed by atoms with Crippen molar-refractivity contribution in [2.75, 3.05) is 38.2 Å². The van der Waals surface area contributed by atoms with E-state index in [-0.39, 0.29) is 11.9 Å². The van der Waals surface area contributed by atoms with Gasteiger partial charge in [-0.3, -0.25) is 9.69 Å². The molecule has 2 fully saturated rings. The minimum Gasteiger partial charge on any atom is -0.469 e. The molecule has 0 amide bonds. The Labute approximate surface area is 176 Å². The Morgan fingerprint density at radius 1 is 1.07 bits per heavy atom. The molecule has 0 radical (unpaired) electrons. The van der Waals surface area contributed by atoms with Crippen molar-refractivity contribution >= 4 is 34.9 Å². The second kappa shape index (κ2) is 8.32. The molecule has 0 spiro atoms. The Balaban J connectivity index is 1.32. The Kier molecular flexibility index (Phi) is 5.81. The molecule has 0 aromatic heterocycles. The summed E-state index contributed by atoms with van der Waals surface area (Å²) in [4.78, 5) is 16.2. The Bertz CT molecular complexity index is 830. The van der Waals surface area contributed by atoms with E-state index < -0.39 is 0 Å². The summed E-state index contributed by atoms with van der Waals surface area (Å²) in [5.74, 6) is 0.421. The SMILES string of the molecule is COC(=O)C1CCN(Cc2ccc(C3CN(c4c(Cl)cccc4Cl)C3)cc2)C1. The molecule has 2 aromatic carbocycles. The number of esters is 1. The normalized spacial score (nSPS) is 20.2. The van der Waals surface area contributed by atoms with Crippen LogP contribution in [0.5, 0.6) is 0 Å². The van der Waals surface area contributed by atoms with Crippen molar-refractivity contribution in [2.45, 2.75) is 18.9 Å². The van der Waals surface area contributed by atoms with E-state index in [9.17, 15) is 4.79 Å². The number of halogens is 2. The van der Waals surface area contributed by atoms with Crippen LogP contribution in [0.3, 0.4) is 0 Å². The second-order valence-electron chi connectivity index (χ2n) is 7.66. The molecular weight excluding hydrogens is 395 g/mol. The molecule has 148 valence electrons. The minimum atomic E-state index is -0.0917. The molecule has 4 rings (SSSR count). The number of para-hydroxylation sites is 1. The number of ether oxygens (including phenoxy) is 1. The fourth-order valence-electron chi connectivity index (χ4n) is 4.15. The molecule has 0 bridgehead atoms. The lowest BCUT2D eigenvalue weighted by molar-refractivity contribution is -0.144. The first kappa shape index (κ1) is 19.6. The summed E-state index contributed by atoms with van der Waals surface area (Å²) in [5.41, 5.74) is 3.56. The minimum absolute atomic E-state index is 0.0156. The van der Waals surface area contributed by atoms with Gasteiger partial charge in [-0.2, -0.15) is 0 Å². The number of anilines is 1. The lowest BCUT2D eigenvalue weighted by Gasteiger charge is -2.42. The van der Waals surface area contributed by atoms with Gasteiger partial charge in [0.1, 0.15) is 0 Å². The third kappa shape index (κ3) is 4.00. The molecule has 1 atom stereocenters. The van der Waals surface area contributed by atoms with Gasteiger partial charge < -0.3 is 9.64 Å². The van der Waals surface area contributed by atoms with Crippen molar-refractivity contribution in [3.8, 4) is 0 Å². The first-order chi connectivity index (χ1) is 13.5. The molecule has 0 N–H and O–H groups in total. The summed E-state index contributed by atoms with van der Waals surface area (Å²) < 4.78 is 4.86. The number of rotatable bonds is 5.